The van der Waals surface area contributed by atoms with Crippen LogP contribution in [0.2, 0.25) is 0 Å². The number of benzene rings is 2. The number of aromatic amines is 1. The molecule has 8 heteroatoms. The highest BCUT2D eigenvalue weighted by Crippen LogP contribution is 2.28. The largest absolute Gasteiger partial charge is 0.333 e. The average Bonchev–Trinajstić information content (AvgIpc) is 3.51. The summed E-state index contributed by atoms with van der Waals surface area (Å²) in [4.78, 5) is 18.0. The fourth-order valence-electron chi connectivity index (χ4n) is 4.47. The number of nitrogens with one attached hydrogen (secondary N) is 1. The maximum atomic E-state index is 13.5. The number of imidazole rings is 1. The van der Waals surface area contributed by atoms with Crippen molar-refractivity contribution in [2.45, 2.75) is 39.7 Å². The quantitative estimate of drug-likeness (QED) is 0.362. The van der Waals surface area contributed by atoms with Crippen molar-refractivity contribution in [1.29, 1.82) is 0 Å². The number of nitrogens with zero attached hydrogens (tertiary/aromatic N) is 6. The van der Waals surface area contributed by atoms with Crippen molar-refractivity contribution >= 4 is 0 Å². The van der Waals surface area contributed by atoms with Gasteiger partial charge in [0.1, 0.15) is 5.69 Å². The normalized spacial score (nSPS) is 11.1. The van der Waals surface area contributed by atoms with E-state index in [1.54, 1.807) is 6.20 Å². The van der Waals surface area contributed by atoms with Crippen LogP contribution in [-0.2, 0) is 13.0 Å². The number of unbranched alkanes of at least 4 members (excludes halogenated alkanes) is 1. The van der Waals surface area contributed by atoms with Crippen molar-refractivity contribution in [3.63, 3.8) is 0 Å². The van der Waals surface area contributed by atoms with Crippen LogP contribution in [0.15, 0.2) is 77.7 Å². The lowest BCUT2D eigenvalue weighted by Crippen LogP contribution is -2.25. The molecule has 35 heavy (non-hydrogen) atoms. The summed E-state index contributed by atoms with van der Waals surface area (Å²) in [6.45, 7) is 4.73. The molecule has 0 saturated heterocycles. The van der Waals surface area contributed by atoms with Crippen LogP contribution in [0.1, 0.15) is 36.7 Å². The highest BCUT2D eigenvalue weighted by molar-refractivity contribution is 5.77. The smallest absolute Gasteiger partial charge is 0.291 e. The number of hydrogen-bond acceptors (Lipinski definition) is 5. The van der Waals surface area contributed by atoms with Crippen molar-refractivity contribution in [1.82, 2.24) is 34.7 Å². The molecule has 2 aromatic carbocycles. The van der Waals surface area contributed by atoms with Gasteiger partial charge in [-0.25, -0.2) is 9.89 Å². The van der Waals surface area contributed by atoms with Gasteiger partial charge >= 0.3 is 5.69 Å². The molecule has 3 aromatic heterocycles. The first-order chi connectivity index (χ1) is 17.2. The van der Waals surface area contributed by atoms with E-state index in [1.165, 1.54) is 0 Å². The van der Waals surface area contributed by atoms with Crippen molar-refractivity contribution in [2.24, 2.45) is 0 Å². The fraction of sp³-hybridized carbons (Fsp3) is 0.222. The van der Waals surface area contributed by atoms with Gasteiger partial charge in [0.05, 0.1) is 12.2 Å². The van der Waals surface area contributed by atoms with Crippen molar-refractivity contribution < 1.29 is 0 Å². The molecule has 176 valence electrons. The van der Waals surface area contributed by atoms with E-state index < -0.39 is 0 Å². The predicted molar refractivity (Wildman–Crippen MR) is 135 cm³/mol. The molecular formula is C27H27N7O. The van der Waals surface area contributed by atoms with E-state index in [-0.39, 0.29) is 5.69 Å². The lowest BCUT2D eigenvalue weighted by Gasteiger charge is -2.10. The molecule has 5 aromatic rings. The zero-order chi connectivity index (χ0) is 24.2. The Morgan fingerprint density at radius 3 is 2.49 bits per heavy atom. The van der Waals surface area contributed by atoms with Gasteiger partial charge in [0.25, 0.3) is 0 Å². The highest BCUT2D eigenvalue weighted by Gasteiger charge is 2.18. The second kappa shape index (κ2) is 9.89. The predicted octanol–water partition coefficient (Wildman–Crippen LogP) is 4.58. The van der Waals surface area contributed by atoms with Crippen molar-refractivity contribution in [3.05, 3.63) is 100 Å². The molecular weight excluding hydrogens is 438 g/mol. The minimum atomic E-state index is -0.00348. The lowest BCUT2D eigenvalue weighted by molar-refractivity contribution is 0.673. The Hall–Kier alpha value is -4.33. The number of aromatic nitrogens is 7. The number of H-pyrrole nitrogens is 1. The first-order valence-corrected chi connectivity index (χ1v) is 11.8. The number of para-hydroxylation sites is 1. The molecule has 0 atom stereocenters. The Kier molecular flexibility index (Phi) is 6.34. The van der Waals surface area contributed by atoms with Crippen LogP contribution in [0.25, 0.3) is 28.3 Å². The van der Waals surface area contributed by atoms with Crippen LogP contribution >= 0.6 is 0 Å². The highest BCUT2D eigenvalue weighted by atomic mass is 16.1. The Labute approximate surface area is 203 Å². The first-order valence-electron chi connectivity index (χ1n) is 11.8. The molecule has 0 aliphatic rings. The third kappa shape index (κ3) is 4.42. The van der Waals surface area contributed by atoms with Gasteiger partial charge in [0.2, 0.25) is 0 Å². The summed E-state index contributed by atoms with van der Waals surface area (Å²) >= 11 is 0. The van der Waals surface area contributed by atoms with E-state index in [4.69, 9.17) is 0 Å². The van der Waals surface area contributed by atoms with Crippen LogP contribution in [0, 0.1) is 6.92 Å². The molecule has 0 aliphatic carbocycles. The van der Waals surface area contributed by atoms with E-state index in [0.29, 0.717) is 18.1 Å². The summed E-state index contributed by atoms with van der Waals surface area (Å²) in [6, 6.07) is 22.0. The van der Waals surface area contributed by atoms with Gasteiger partial charge in [0.15, 0.2) is 5.82 Å². The first kappa shape index (κ1) is 22.5. The molecule has 0 fully saturated rings. The number of pyridine rings is 1. The number of tetrazole rings is 1. The third-order valence-electron chi connectivity index (χ3n) is 6.27. The van der Waals surface area contributed by atoms with E-state index in [0.717, 1.165) is 53.0 Å². The molecule has 0 aliphatic heterocycles. The molecule has 8 nitrogen and oxygen atoms in total. The number of hydrogen-bond donors (Lipinski definition) is 1. The molecule has 1 N–H and O–H groups in total. The van der Waals surface area contributed by atoms with E-state index >= 15 is 0 Å². The van der Waals surface area contributed by atoms with Gasteiger partial charge in [0, 0.05) is 23.1 Å². The monoisotopic (exact) mass is 465 g/mol. The second-order valence-corrected chi connectivity index (χ2v) is 8.52. The lowest BCUT2D eigenvalue weighted by atomic mass is 10.0. The summed E-state index contributed by atoms with van der Waals surface area (Å²) < 4.78 is 3.75. The summed E-state index contributed by atoms with van der Waals surface area (Å²) in [6.07, 6.45) is 4.71. The standard InChI is InChI=1S/C27H27N7O/c1-3-4-12-24-19(2)34(22-9-6-5-7-10-22)27(35)33(24)18-20-13-15-21(16-14-20)23-11-8-17-28-25(23)26-29-31-32-30-26/h5-11,13-17H,3-4,12,18H2,1-2H3,(H,29,30,31,32). The van der Waals surface area contributed by atoms with Crippen LogP contribution in [0.3, 0.4) is 0 Å². The van der Waals surface area contributed by atoms with E-state index in [1.807, 2.05) is 58.5 Å². The summed E-state index contributed by atoms with van der Waals surface area (Å²) in [5.74, 6) is 0.523. The summed E-state index contributed by atoms with van der Waals surface area (Å²) in [5, 5.41) is 14.1. The molecule has 0 saturated carbocycles. The van der Waals surface area contributed by atoms with Crippen molar-refractivity contribution in [3.8, 4) is 28.3 Å². The van der Waals surface area contributed by atoms with Gasteiger partial charge in [-0.2, -0.15) is 0 Å². The maximum Gasteiger partial charge on any atom is 0.333 e. The zero-order valence-corrected chi connectivity index (χ0v) is 19.8. The summed E-state index contributed by atoms with van der Waals surface area (Å²) in [7, 11) is 0. The Bertz CT molecular complexity index is 1470. The molecule has 0 unspecified atom stereocenters. The van der Waals surface area contributed by atoms with Gasteiger partial charge in [-0.15, -0.1) is 5.10 Å². The van der Waals surface area contributed by atoms with Gasteiger partial charge in [-0.1, -0.05) is 61.9 Å². The zero-order valence-electron chi connectivity index (χ0n) is 19.8. The van der Waals surface area contributed by atoms with Crippen molar-refractivity contribution in [2.75, 3.05) is 0 Å². The third-order valence-corrected chi connectivity index (χ3v) is 6.27. The van der Waals surface area contributed by atoms with Crippen LogP contribution in [0.5, 0.6) is 0 Å². The maximum absolute atomic E-state index is 13.5. The van der Waals surface area contributed by atoms with Crippen LogP contribution in [-0.4, -0.2) is 34.7 Å². The minimum absolute atomic E-state index is 0.00348. The van der Waals surface area contributed by atoms with Gasteiger partial charge in [-0.3, -0.25) is 14.1 Å². The molecule has 0 bridgehead atoms. The SMILES string of the molecule is CCCCc1c(C)n(-c2ccccc2)c(=O)n1Cc1ccc(-c2cccnc2-c2nnn[nH]2)cc1. The minimum Gasteiger partial charge on any atom is -0.291 e. The second-order valence-electron chi connectivity index (χ2n) is 8.52. The number of rotatable bonds is 8. The van der Waals surface area contributed by atoms with Gasteiger partial charge < -0.3 is 0 Å². The Morgan fingerprint density at radius 1 is 0.971 bits per heavy atom. The van der Waals surface area contributed by atoms with Crippen LogP contribution in [0.4, 0.5) is 0 Å². The van der Waals surface area contributed by atoms with Gasteiger partial charge in [-0.05, 0) is 59.5 Å². The molecule has 3 heterocycles. The van der Waals surface area contributed by atoms with Crippen LogP contribution < -0.4 is 5.69 Å². The molecule has 0 radical (unpaired) electrons. The van der Waals surface area contributed by atoms with E-state index in [9.17, 15) is 4.79 Å². The topological polar surface area (TPSA) is 94.3 Å². The average molecular weight is 466 g/mol. The summed E-state index contributed by atoms with van der Waals surface area (Å²) in [5.41, 5.74) is 6.69. The van der Waals surface area contributed by atoms with E-state index in [2.05, 4.69) is 56.8 Å². The molecule has 0 spiro atoms. The Balaban J connectivity index is 1.49. The fourth-order valence-corrected chi connectivity index (χ4v) is 4.47. The Morgan fingerprint density at radius 2 is 1.77 bits per heavy atom. The molecule has 5 rings (SSSR count). The molecule has 0 amide bonds.